The molecule has 0 aliphatic carbocycles. The molecule has 2 N–H and O–H groups in total. The maximum Gasteiger partial charge on any atom is 0.345 e. The first-order valence-electron chi connectivity index (χ1n) is 12.8. The third-order valence-corrected chi connectivity index (χ3v) is 8.32. The van der Waals surface area contributed by atoms with Crippen LogP contribution in [0.15, 0.2) is 113 Å². The maximum absolute atomic E-state index is 12.9. The van der Waals surface area contributed by atoms with E-state index in [1.807, 2.05) is 31.2 Å². The molecule has 0 saturated heterocycles. The van der Waals surface area contributed by atoms with Crippen molar-refractivity contribution in [2.24, 2.45) is 5.10 Å². The van der Waals surface area contributed by atoms with Crippen LogP contribution < -0.4 is 14.9 Å². The third kappa shape index (κ3) is 7.03. The average molecular weight is 633 g/mol. The fourth-order valence-electron chi connectivity index (χ4n) is 4.15. The van der Waals surface area contributed by atoms with Crippen LogP contribution >= 0.6 is 23.2 Å². The van der Waals surface area contributed by atoms with E-state index in [4.69, 9.17) is 27.9 Å². The van der Waals surface area contributed by atoms with Crippen molar-refractivity contribution in [3.63, 3.8) is 0 Å². The number of rotatable bonds is 8. The molecule has 0 aliphatic heterocycles. The van der Waals surface area contributed by atoms with Gasteiger partial charge in [0.2, 0.25) is 0 Å². The van der Waals surface area contributed by atoms with Crippen LogP contribution in [0.25, 0.3) is 10.8 Å². The van der Waals surface area contributed by atoms with Crippen LogP contribution in [0.3, 0.4) is 0 Å². The quantitative estimate of drug-likeness (QED) is 0.0811. The predicted octanol–water partition coefficient (Wildman–Crippen LogP) is 7.24. The van der Waals surface area contributed by atoms with Crippen molar-refractivity contribution in [1.29, 1.82) is 0 Å². The molecule has 0 aromatic heterocycles. The highest BCUT2D eigenvalue weighted by atomic mass is 35.5. The SMILES string of the molecule is Cc1ccc(S(=O)(=O)Nc2ccc(C(=O)NN=Cc3c(OC(=O)c4ccc(Cl)cc4Cl)ccc4ccccc34)cc2)cc1. The van der Waals surface area contributed by atoms with Crippen LogP contribution in [0.1, 0.15) is 31.8 Å². The van der Waals surface area contributed by atoms with E-state index in [0.29, 0.717) is 16.3 Å². The van der Waals surface area contributed by atoms with Crippen LogP contribution in [0.5, 0.6) is 5.75 Å². The minimum absolute atomic E-state index is 0.129. The Labute approximate surface area is 258 Å². The smallest absolute Gasteiger partial charge is 0.345 e. The van der Waals surface area contributed by atoms with E-state index in [1.165, 1.54) is 60.8 Å². The summed E-state index contributed by atoms with van der Waals surface area (Å²) in [6.45, 7) is 1.87. The molecule has 43 heavy (non-hydrogen) atoms. The lowest BCUT2D eigenvalue weighted by Gasteiger charge is -2.11. The number of ether oxygens (including phenoxy) is 1. The summed E-state index contributed by atoms with van der Waals surface area (Å²) in [6.07, 6.45) is 1.39. The van der Waals surface area contributed by atoms with Crippen molar-refractivity contribution in [2.75, 3.05) is 4.72 Å². The molecule has 5 rings (SSSR count). The fourth-order valence-corrected chi connectivity index (χ4v) is 5.69. The number of hydrogen-bond donors (Lipinski definition) is 2. The van der Waals surface area contributed by atoms with Gasteiger partial charge in [0.05, 0.1) is 21.7 Å². The minimum Gasteiger partial charge on any atom is -0.422 e. The molecule has 0 spiro atoms. The minimum atomic E-state index is -3.78. The van der Waals surface area contributed by atoms with Gasteiger partial charge in [0.1, 0.15) is 5.75 Å². The van der Waals surface area contributed by atoms with E-state index in [1.54, 1.807) is 24.3 Å². The van der Waals surface area contributed by atoms with Crippen molar-refractivity contribution in [2.45, 2.75) is 11.8 Å². The third-order valence-electron chi connectivity index (χ3n) is 6.37. The normalized spacial score (nSPS) is 11.4. The van der Waals surface area contributed by atoms with Gasteiger partial charge in [-0.25, -0.2) is 18.6 Å². The van der Waals surface area contributed by atoms with Crippen molar-refractivity contribution in [1.82, 2.24) is 5.43 Å². The Morgan fingerprint density at radius 3 is 2.30 bits per heavy atom. The molecule has 0 fully saturated rings. The van der Waals surface area contributed by atoms with E-state index in [0.717, 1.165) is 16.3 Å². The van der Waals surface area contributed by atoms with Gasteiger partial charge in [-0.2, -0.15) is 5.10 Å². The molecule has 1 amide bonds. The zero-order chi connectivity index (χ0) is 30.6. The number of benzene rings is 5. The van der Waals surface area contributed by atoms with Gasteiger partial charge in [0, 0.05) is 21.8 Å². The second-order valence-corrected chi connectivity index (χ2v) is 11.9. The van der Waals surface area contributed by atoms with Crippen LogP contribution in [-0.2, 0) is 10.0 Å². The molecular weight excluding hydrogens is 609 g/mol. The number of aryl methyl sites for hydroxylation is 1. The molecule has 0 saturated carbocycles. The first kappa shape index (κ1) is 29.8. The van der Waals surface area contributed by atoms with Crippen molar-refractivity contribution < 1.29 is 22.7 Å². The Hall–Kier alpha value is -4.70. The number of carbonyl (C=O) groups is 2. The molecule has 0 bridgehead atoms. The van der Waals surface area contributed by atoms with E-state index < -0.39 is 21.9 Å². The number of fused-ring (bicyclic) bond motifs is 1. The molecule has 0 radical (unpaired) electrons. The monoisotopic (exact) mass is 631 g/mol. The zero-order valence-corrected chi connectivity index (χ0v) is 24.9. The highest BCUT2D eigenvalue weighted by molar-refractivity contribution is 7.92. The summed E-state index contributed by atoms with van der Waals surface area (Å²) in [5.41, 5.74) is 4.53. The van der Waals surface area contributed by atoms with E-state index in [2.05, 4.69) is 15.2 Å². The predicted molar refractivity (Wildman–Crippen MR) is 169 cm³/mol. The number of anilines is 1. The molecule has 11 heteroatoms. The van der Waals surface area contributed by atoms with Gasteiger partial charge in [-0.1, -0.05) is 71.2 Å². The van der Waals surface area contributed by atoms with E-state index in [-0.39, 0.29) is 26.8 Å². The summed E-state index contributed by atoms with van der Waals surface area (Å²) in [7, 11) is -3.78. The summed E-state index contributed by atoms with van der Waals surface area (Å²) in [5.74, 6) is -1.01. The fraction of sp³-hybridized carbons (Fsp3) is 0.0312. The highest BCUT2D eigenvalue weighted by Crippen LogP contribution is 2.29. The average Bonchev–Trinajstić information content (AvgIpc) is 2.98. The van der Waals surface area contributed by atoms with Crippen molar-refractivity contribution in [3.8, 4) is 5.75 Å². The number of nitrogens with zero attached hydrogens (tertiary/aromatic N) is 1. The number of sulfonamides is 1. The lowest BCUT2D eigenvalue weighted by atomic mass is 10.0. The van der Waals surface area contributed by atoms with Gasteiger partial charge < -0.3 is 4.74 Å². The first-order valence-corrected chi connectivity index (χ1v) is 15.1. The summed E-state index contributed by atoms with van der Waals surface area (Å²) in [4.78, 5) is 25.8. The van der Waals surface area contributed by atoms with Gasteiger partial charge in [-0.15, -0.1) is 0 Å². The Bertz CT molecular complexity index is 1980. The van der Waals surface area contributed by atoms with Gasteiger partial charge in [0.25, 0.3) is 15.9 Å². The van der Waals surface area contributed by atoms with E-state index in [9.17, 15) is 18.0 Å². The Morgan fingerprint density at radius 1 is 0.860 bits per heavy atom. The number of hydrogen-bond acceptors (Lipinski definition) is 6. The number of esters is 1. The lowest BCUT2D eigenvalue weighted by molar-refractivity contribution is 0.0734. The summed E-state index contributed by atoms with van der Waals surface area (Å²) in [5, 5.41) is 6.23. The molecule has 5 aromatic rings. The van der Waals surface area contributed by atoms with E-state index >= 15 is 0 Å². The second kappa shape index (κ2) is 12.7. The van der Waals surface area contributed by atoms with Crippen LogP contribution in [0.2, 0.25) is 10.0 Å². The van der Waals surface area contributed by atoms with Crippen LogP contribution in [-0.4, -0.2) is 26.5 Å². The topological polar surface area (TPSA) is 114 Å². The summed E-state index contributed by atoms with van der Waals surface area (Å²) >= 11 is 12.1. The molecule has 216 valence electrons. The van der Waals surface area contributed by atoms with Gasteiger partial charge >= 0.3 is 5.97 Å². The largest absolute Gasteiger partial charge is 0.422 e. The number of halogens is 2. The lowest BCUT2D eigenvalue weighted by Crippen LogP contribution is -2.18. The maximum atomic E-state index is 12.9. The number of amides is 1. The van der Waals surface area contributed by atoms with Crippen molar-refractivity contribution in [3.05, 3.63) is 135 Å². The summed E-state index contributed by atoms with van der Waals surface area (Å²) in [6, 6.07) is 27.7. The van der Waals surface area contributed by atoms with Gasteiger partial charge in [0.15, 0.2) is 0 Å². The summed E-state index contributed by atoms with van der Waals surface area (Å²) < 4.78 is 33.5. The molecule has 5 aromatic carbocycles. The number of nitrogens with one attached hydrogen (secondary N) is 2. The Morgan fingerprint density at radius 2 is 1.58 bits per heavy atom. The highest BCUT2D eigenvalue weighted by Gasteiger charge is 2.17. The molecule has 8 nitrogen and oxygen atoms in total. The molecule has 0 heterocycles. The molecule has 0 atom stereocenters. The first-order chi connectivity index (χ1) is 20.6. The Balaban J connectivity index is 1.32. The number of hydrazone groups is 1. The molecule has 0 aliphatic rings. The second-order valence-electron chi connectivity index (χ2n) is 9.41. The molecule has 0 unspecified atom stereocenters. The molecular formula is C32H23Cl2N3O5S. The van der Waals surface area contributed by atoms with Gasteiger partial charge in [-0.05, 0) is 78.4 Å². The van der Waals surface area contributed by atoms with Crippen LogP contribution in [0, 0.1) is 6.92 Å². The van der Waals surface area contributed by atoms with Crippen molar-refractivity contribution >= 4 is 67.8 Å². The zero-order valence-electron chi connectivity index (χ0n) is 22.5. The Kier molecular flexibility index (Phi) is 8.77. The van der Waals surface area contributed by atoms with Gasteiger partial charge in [-0.3, -0.25) is 9.52 Å². The number of carbonyl (C=O) groups excluding carboxylic acids is 2. The van der Waals surface area contributed by atoms with Crippen LogP contribution in [0.4, 0.5) is 5.69 Å². The standard InChI is InChI=1S/C32H23Cl2N3O5S/c1-20-6-14-25(15-7-20)43(40,41)37-24-12-8-22(9-13-24)31(38)36-35-19-28-26-5-3-2-4-21(26)10-17-30(28)42-32(39)27-16-11-23(33)18-29(27)34/h2-19,37H,1H3,(H,36,38).